The molecule has 5 heterocycles. The van der Waals surface area contributed by atoms with Crippen molar-refractivity contribution in [1.29, 1.82) is 0 Å². The minimum Gasteiger partial charge on any atom is -0.366 e. The first-order valence-electron chi connectivity index (χ1n) is 11.8. The number of aromatic nitrogens is 6. The third-order valence-corrected chi connectivity index (χ3v) is 6.85. The van der Waals surface area contributed by atoms with Gasteiger partial charge in [0.15, 0.2) is 17.0 Å². The van der Waals surface area contributed by atoms with Gasteiger partial charge in [0.2, 0.25) is 11.9 Å². The number of nitrogens with zero attached hydrogens (tertiary/aromatic N) is 8. The van der Waals surface area contributed by atoms with E-state index in [-0.39, 0.29) is 12.0 Å². The van der Waals surface area contributed by atoms with Gasteiger partial charge in [-0.3, -0.25) is 9.48 Å². The Labute approximate surface area is 198 Å². The second-order valence-electron chi connectivity index (χ2n) is 9.65. The van der Waals surface area contributed by atoms with E-state index in [2.05, 4.69) is 52.7 Å². The van der Waals surface area contributed by atoms with Crippen LogP contribution in [0.5, 0.6) is 0 Å². The van der Waals surface area contributed by atoms with Gasteiger partial charge in [0.25, 0.3) is 0 Å². The van der Waals surface area contributed by atoms with Crippen LogP contribution in [0.15, 0.2) is 30.9 Å². The van der Waals surface area contributed by atoms with E-state index >= 15 is 0 Å². The Balaban J connectivity index is 1.46. The topological polar surface area (TPSA) is 123 Å². The molecule has 0 bridgehead atoms. The number of nitrogens with one attached hydrogen (secondary N) is 1. The van der Waals surface area contributed by atoms with Crippen molar-refractivity contribution in [2.45, 2.75) is 38.8 Å². The van der Waals surface area contributed by atoms with Crippen molar-refractivity contribution >= 4 is 34.5 Å². The fourth-order valence-corrected chi connectivity index (χ4v) is 4.81. The van der Waals surface area contributed by atoms with Gasteiger partial charge in [0.1, 0.15) is 0 Å². The zero-order valence-corrected chi connectivity index (χ0v) is 20.0. The third-order valence-electron chi connectivity index (χ3n) is 6.85. The lowest BCUT2D eigenvalue weighted by Gasteiger charge is -2.18. The van der Waals surface area contributed by atoms with Crippen LogP contribution < -0.4 is 16.0 Å². The van der Waals surface area contributed by atoms with Crippen molar-refractivity contribution in [3.63, 3.8) is 0 Å². The normalized spacial score (nSPS) is 21.1. The Bertz CT molecular complexity index is 1230. The van der Waals surface area contributed by atoms with Crippen LogP contribution in [0.1, 0.15) is 38.8 Å². The maximum absolute atomic E-state index is 11.6. The summed E-state index contributed by atoms with van der Waals surface area (Å²) in [6, 6.07) is 0.574. The molecule has 3 aromatic heterocycles. The van der Waals surface area contributed by atoms with Gasteiger partial charge in [0.05, 0.1) is 24.3 Å². The molecule has 3 N–H and O–H groups in total. The number of likely N-dealkylation sites (N-methyl/N-ethyl adjacent to an activating group) is 1. The Morgan fingerprint density at radius 2 is 2.06 bits per heavy atom. The molecule has 0 aromatic carbocycles. The highest BCUT2D eigenvalue weighted by Crippen LogP contribution is 2.31. The second kappa shape index (κ2) is 8.71. The standard InChI is InChI=1S/C23H32N10O/c1-14(2)32-13-25-19-21(27-17-9-26-33(11-17)18-6-7-30(4)12-18)28-23(29-22(19)32)31-8-5-16(10-31)15(3)20(24)34/h9,11,13-14,16,18H,3,5-8,10,12H2,1-2,4H3,(H2,24,34)(H,27,28,29)/t16-,18+/m1/s1. The molecular weight excluding hydrogens is 432 g/mol. The highest BCUT2D eigenvalue weighted by molar-refractivity contribution is 5.92. The van der Waals surface area contributed by atoms with Crippen molar-refractivity contribution < 1.29 is 4.79 Å². The number of nitrogens with two attached hydrogens (primary N) is 1. The van der Waals surface area contributed by atoms with E-state index in [1.807, 2.05) is 21.6 Å². The number of amides is 1. The van der Waals surface area contributed by atoms with E-state index in [9.17, 15) is 4.79 Å². The van der Waals surface area contributed by atoms with Gasteiger partial charge in [-0.25, -0.2) is 4.98 Å². The van der Waals surface area contributed by atoms with Crippen molar-refractivity contribution in [1.82, 2.24) is 34.2 Å². The molecule has 0 unspecified atom stereocenters. The number of fused-ring (bicyclic) bond motifs is 1. The number of hydrogen-bond donors (Lipinski definition) is 2. The summed E-state index contributed by atoms with van der Waals surface area (Å²) in [5.74, 6) is 0.793. The lowest BCUT2D eigenvalue weighted by atomic mass is 10.00. The van der Waals surface area contributed by atoms with E-state index in [1.54, 1.807) is 6.33 Å². The predicted molar refractivity (Wildman–Crippen MR) is 131 cm³/mol. The number of rotatable bonds is 7. The SMILES string of the molecule is C=C(C(N)=O)[C@@H]1CCN(c2nc(Nc3cnn([C@H]4CCN(C)C4)c3)c3ncn(C(C)C)c3n2)C1. The number of likely N-dealkylation sites (tertiary alicyclic amines) is 1. The van der Waals surface area contributed by atoms with Crippen LogP contribution in [0.2, 0.25) is 0 Å². The zero-order valence-electron chi connectivity index (χ0n) is 20.0. The van der Waals surface area contributed by atoms with Gasteiger partial charge < -0.3 is 25.4 Å². The fraction of sp³-hybridized carbons (Fsp3) is 0.522. The Morgan fingerprint density at radius 3 is 2.76 bits per heavy atom. The molecule has 2 saturated heterocycles. The highest BCUT2D eigenvalue weighted by atomic mass is 16.1. The van der Waals surface area contributed by atoms with Crippen LogP contribution in [0.3, 0.4) is 0 Å². The van der Waals surface area contributed by atoms with Crippen molar-refractivity contribution in [2.75, 3.05) is 43.4 Å². The summed E-state index contributed by atoms with van der Waals surface area (Å²) >= 11 is 0. The Kier molecular flexibility index (Phi) is 5.72. The van der Waals surface area contributed by atoms with E-state index < -0.39 is 5.91 Å². The van der Waals surface area contributed by atoms with Gasteiger partial charge in [-0.2, -0.15) is 15.1 Å². The number of carbonyl (C=O) groups excluding carboxylic acids is 1. The molecular formula is C23H32N10O. The van der Waals surface area contributed by atoms with Crippen molar-refractivity contribution in [3.8, 4) is 0 Å². The Morgan fingerprint density at radius 1 is 1.24 bits per heavy atom. The molecule has 5 rings (SSSR count). The van der Waals surface area contributed by atoms with Crippen molar-refractivity contribution in [2.24, 2.45) is 11.7 Å². The number of carbonyl (C=O) groups is 1. The summed E-state index contributed by atoms with van der Waals surface area (Å²) in [6.07, 6.45) is 7.54. The van der Waals surface area contributed by atoms with Crippen LogP contribution in [0.25, 0.3) is 11.2 Å². The first-order chi connectivity index (χ1) is 16.3. The van der Waals surface area contributed by atoms with E-state index in [4.69, 9.17) is 15.7 Å². The second-order valence-corrected chi connectivity index (χ2v) is 9.65. The summed E-state index contributed by atoms with van der Waals surface area (Å²) in [4.78, 5) is 30.3. The molecule has 11 heteroatoms. The molecule has 0 saturated carbocycles. The van der Waals surface area contributed by atoms with Gasteiger partial charge in [0, 0.05) is 43.4 Å². The molecule has 34 heavy (non-hydrogen) atoms. The van der Waals surface area contributed by atoms with Crippen molar-refractivity contribution in [3.05, 3.63) is 30.9 Å². The van der Waals surface area contributed by atoms with Gasteiger partial charge >= 0.3 is 0 Å². The fourth-order valence-electron chi connectivity index (χ4n) is 4.81. The molecule has 0 radical (unpaired) electrons. The number of imidazole rings is 1. The number of hydrogen-bond acceptors (Lipinski definition) is 8. The van der Waals surface area contributed by atoms with Crippen LogP contribution in [0, 0.1) is 5.92 Å². The average Bonchev–Trinajstić information content (AvgIpc) is 3.58. The monoisotopic (exact) mass is 464 g/mol. The average molecular weight is 465 g/mol. The molecule has 2 aliphatic heterocycles. The predicted octanol–water partition coefficient (Wildman–Crippen LogP) is 2.09. The summed E-state index contributed by atoms with van der Waals surface area (Å²) in [6.45, 7) is 11.5. The van der Waals surface area contributed by atoms with E-state index in [1.165, 1.54) is 0 Å². The number of primary amides is 1. The number of anilines is 3. The molecule has 2 aliphatic rings. The molecule has 1 amide bonds. The van der Waals surface area contributed by atoms with Gasteiger partial charge in [-0.1, -0.05) is 6.58 Å². The molecule has 2 fully saturated rings. The first-order valence-corrected chi connectivity index (χ1v) is 11.8. The van der Waals surface area contributed by atoms with E-state index in [0.717, 1.165) is 43.8 Å². The van der Waals surface area contributed by atoms with Crippen LogP contribution in [-0.4, -0.2) is 73.3 Å². The quantitative estimate of drug-likeness (QED) is 0.510. The maximum atomic E-state index is 11.6. The maximum Gasteiger partial charge on any atom is 0.244 e. The summed E-state index contributed by atoms with van der Waals surface area (Å²) in [5.41, 5.74) is 8.26. The van der Waals surface area contributed by atoms with Crippen LogP contribution in [-0.2, 0) is 4.79 Å². The molecule has 3 aromatic rings. The largest absolute Gasteiger partial charge is 0.366 e. The third kappa shape index (κ3) is 4.11. The molecule has 11 nitrogen and oxygen atoms in total. The summed E-state index contributed by atoms with van der Waals surface area (Å²) < 4.78 is 4.07. The molecule has 2 atom stereocenters. The van der Waals surface area contributed by atoms with Crippen LogP contribution >= 0.6 is 0 Å². The van der Waals surface area contributed by atoms with Gasteiger partial charge in [-0.05, 0) is 40.3 Å². The van der Waals surface area contributed by atoms with Crippen LogP contribution in [0.4, 0.5) is 17.5 Å². The lowest BCUT2D eigenvalue weighted by molar-refractivity contribution is -0.115. The first kappa shape index (κ1) is 22.3. The van der Waals surface area contributed by atoms with E-state index in [0.29, 0.717) is 35.4 Å². The highest BCUT2D eigenvalue weighted by Gasteiger charge is 2.30. The molecule has 0 spiro atoms. The summed E-state index contributed by atoms with van der Waals surface area (Å²) in [7, 11) is 2.13. The minimum atomic E-state index is -0.450. The minimum absolute atomic E-state index is 0.00555. The zero-order chi connectivity index (χ0) is 24.0. The molecule has 0 aliphatic carbocycles. The summed E-state index contributed by atoms with van der Waals surface area (Å²) in [5, 5.41) is 8.01. The van der Waals surface area contributed by atoms with Gasteiger partial charge in [-0.15, -0.1) is 0 Å². The Hall–Kier alpha value is -3.47. The lowest BCUT2D eigenvalue weighted by Crippen LogP contribution is -2.25. The molecule has 180 valence electrons. The smallest absolute Gasteiger partial charge is 0.244 e.